The van der Waals surface area contributed by atoms with Gasteiger partial charge in [-0.25, -0.2) is 9.97 Å². The fraction of sp³-hybridized carbons (Fsp3) is 0.357. The van der Waals surface area contributed by atoms with E-state index < -0.39 is 0 Å². The van der Waals surface area contributed by atoms with Crippen LogP contribution in [0, 0.1) is 6.92 Å². The van der Waals surface area contributed by atoms with E-state index in [9.17, 15) is 4.79 Å². The Kier molecular flexibility index (Phi) is 5.06. The molecule has 20 heavy (non-hydrogen) atoms. The van der Waals surface area contributed by atoms with Crippen LogP contribution in [0.3, 0.4) is 0 Å². The molecule has 0 aliphatic rings. The van der Waals surface area contributed by atoms with E-state index in [1.165, 1.54) is 0 Å². The van der Waals surface area contributed by atoms with E-state index in [2.05, 4.69) is 20.6 Å². The van der Waals surface area contributed by atoms with Crippen molar-refractivity contribution in [1.29, 1.82) is 0 Å². The fourth-order valence-corrected chi connectivity index (χ4v) is 2.41. The molecular formula is C14H18N4OS. The van der Waals surface area contributed by atoms with E-state index in [0.717, 1.165) is 29.5 Å². The van der Waals surface area contributed by atoms with Crippen molar-refractivity contribution in [2.24, 2.45) is 0 Å². The average molecular weight is 290 g/mol. The Morgan fingerprint density at radius 1 is 1.35 bits per heavy atom. The van der Waals surface area contributed by atoms with E-state index in [0.29, 0.717) is 12.2 Å². The summed E-state index contributed by atoms with van der Waals surface area (Å²) < 4.78 is 0. The predicted octanol–water partition coefficient (Wildman–Crippen LogP) is 2.25. The van der Waals surface area contributed by atoms with Crippen molar-refractivity contribution in [2.45, 2.75) is 20.3 Å². The molecule has 0 spiro atoms. The Bertz CT molecular complexity index is 582. The molecule has 0 bridgehead atoms. The Morgan fingerprint density at radius 3 is 2.90 bits per heavy atom. The first-order valence-corrected chi connectivity index (χ1v) is 7.47. The number of rotatable bonds is 6. The van der Waals surface area contributed by atoms with Crippen LogP contribution in [-0.4, -0.2) is 29.0 Å². The number of nitrogens with one attached hydrogen (secondary N) is 2. The van der Waals surface area contributed by atoms with Gasteiger partial charge >= 0.3 is 0 Å². The van der Waals surface area contributed by atoms with Crippen molar-refractivity contribution in [3.05, 3.63) is 40.0 Å². The molecule has 0 aliphatic heterocycles. The third kappa shape index (κ3) is 4.03. The van der Waals surface area contributed by atoms with Gasteiger partial charge in [-0.1, -0.05) is 6.07 Å². The van der Waals surface area contributed by atoms with Gasteiger partial charge in [0.05, 0.1) is 10.7 Å². The van der Waals surface area contributed by atoms with Crippen LogP contribution in [0.15, 0.2) is 23.6 Å². The van der Waals surface area contributed by atoms with Crippen molar-refractivity contribution in [2.75, 3.05) is 18.4 Å². The van der Waals surface area contributed by atoms with Crippen molar-refractivity contribution >= 4 is 23.1 Å². The largest absolute Gasteiger partial charge is 0.370 e. The first-order chi connectivity index (χ1) is 9.69. The van der Waals surface area contributed by atoms with Gasteiger partial charge in [0, 0.05) is 24.9 Å². The first kappa shape index (κ1) is 14.5. The second-order valence-electron chi connectivity index (χ2n) is 4.30. The van der Waals surface area contributed by atoms with Crippen LogP contribution in [0.2, 0.25) is 0 Å². The normalized spacial score (nSPS) is 10.3. The van der Waals surface area contributed by atoms with Crippen LogP contribution in [0.1, 0.15) is 28.1 Å². The molecule has 2 heterocycles. The van der Waals surface area contributed by atoms with Gasteiger partial charge in [-0.3, -0.25) is 4.79 Å². The molecule has 1 amide bonds. The Morgan fingerprint density at radius 2 is 2.20 bits per heavy atom. The quantitative estimate of drug-likeness (QED) is 0.856. The van der Waals surface area contributed by atoms with Gasteiger partial charge in [0.25, 0.3) is 5.91 Å². The van der Waals surface area contributed by atoms with Gasteiger partial charge in [0.2, 0.25) is 0 Å². The zero-order valence-corrected chi connectivity index (χ0v) is 12.5. The van der Waals surface area contributed by atoms with Gasteiger partial charge in [-0.15, -0.1) is 11.3 Å². The molecule has 2 aromatic rings. The predicted molar refractivity (Wildman–Crippen MR) is 81.3 cm³/mol. The lowest BCUT2D eigenvalue weighted by molar-refractivity contribution is 0.0949. The average Bonchev–Trinajstić information content (AvgIpc) is 2.85. The molecule has 2 rings (SSSR count). The Hall–Kier alpha value is -1.95. The highest BCUT2D eigenvalue weighted by atomic mass is 32.1. The third-order valence-corrected chi connectivity index (χ3v) is 3.50. The number of nitrogens with zero attached hydrogens (tertiary/aromatic N) is 2. The summed E-state index contributed by atoms with van der Waals surface area (Å²) in [6.45, 7) is 5.31. The third-order valence-electron chi connectivity index (χ3n) is 2.67. The van der Waals surface area contributed by atoms with Crippen LogP contribution >= 0.6 is 11.3 Å². The van der Waals surface area contributed by atoms with Gasteiger partial charge in [-0.2, -0.15) is 0 Å². The molecule has 2 aromatic heterocycles. The SMILES string of the molecule is CCNc1cccc(C(=O)NCCc2csc(C)n2)n1. The maximum Gasteiger partial charge on any atom is 0.269 e. The molecule has 0 aromatic carbocycles. The zero-order chi connectivity index (χ0) is 14.4. The van der Waals surface area contributed by atoms with E-state index in [1.54, 1.807) is 17.4 Å². The van der Waals surface area contributed by atoms with Gasteiger partial charge in [-0.05, 0) is 26.0 Å². The standard InChI is InChI=1S/C14H18N4OS/c1-3-15-13-6-4-5-12(18-13)14(19)16-8-7-11-9-20-10(2)17-11/h4-6,9H,3,7-8H2,1-2H3,(H,15,18)(H,16,19). The van der Waals surface area contributed by atoms with E-state index in [-0.39, 0.29) is 5.91 Å². The molecule has 106 valence electrons. The summed E-state index contributed by atoms with van der Waals surface area (Å²) in [5, 5.41) is 9.02. The smallest absolute Gasteiger partial charge is 0.269 e. The lowest BCUT2D eigenvalue weighted by Gasteiger charge is -2.06. The highest BCUT2D eigenvalue weighted by molar-refractivity contribution is 7.09. The van der Waals surface area contributed by atoms with Gasteiger partial charge in [0.1, 0.15) is 11.5 Å². The second kappa shape index (κ2) is 7.00. The van der Waals surface area contributed by atoms with Crippen molar-refractivity contribution in [3.8, 4) is 0 Å². The number of hydrogen-bond acceptors (Lipinski definition) is 5. The minimum atomic E-state index is -0.156. The molecule has 0 radical (unpaired) electrons. The van der Waals surface area contributed by atoms with E-state index >= 15 is 0 Å². The Labute approximate surface area is 122 Å². The number of pyridine rings is 1. The second-order valence-corrected chi connectivity index (χ2v) is 5.36. The Balaban J connectivity index is 1.86. The number of amides is 1. The molecular weight excluding hydrogens is 272 g/mol. The lowest BCUT2D eigenvalue weighted by atomic mass is 10.3. The highest BCUT2D eigenvalue weighted by Gasteiger charge is 2.07. The fourth-order valence-electron chi connectivity index (χ4n) is 1.76. The summed E-state index contributed by atoms with van der Waals surface area (Å²) in [7, 11) is 0. The molecule has 0 saturated heterocycles. The molecule has 0 atom stereocenters. The monoisotopic (exact) mass is 290 g/mol. The topological polar surface area (TPSA) is 66.9 Å². The van der Waals surface area contributed by atoms with Crippen molar-refractivity contribution in [3.63, 3.8) is 0 Å². The van der Waals surface area contributed by atoms with Crippen LogP contribution < -0.4 is 10.6 Å². The molecule has 6 heteroatoms. The molecule has 5 nitrogen and oxygen atoms in total. The molecule has 2 N–H and O–H groups in total. The summed E-state index contributed by atoms with van der Waals surface area (Å²) in [5.41, 5.74) is 1.44. The van der Waals surface area contributed by atoms with Crippen LogP contribution in [0.25, 0.3) is 0 Å². The van der Waals surface area contributed by atoms with E-state index in [4.69, 9.17) is 0 Å². The van der Waals surface area contributed by atoms with Crippen molar-refractivity contribution < 1.29 is 4.79 Å². The van der Waals surface area contributed by atoms with Crippen LogP contribution in [-0.2, 0) is 6.42 Å². The summed E-state index contributed by atoms with van der Waals surface area (Å²) in [6.07, 6.45) is 0.739. The molecule has 0 unspecified atom stereocenters. The van der Waals surface area contributed by atoms with E-state index in [1.807, 2.05) is 31.4 Å². The summed E-state index contributed by atoms with van der Waals surface area (Å²) in [6, 6.07) is 5.38. The number of thiazole rings is 1. The zero-order valence-electron chi connectivity index (χ0n) is 11.6. The number of aromatic nitrogens is 2. The lowest BCUT2D eigenvalue weighted by Crippen LogP contribution is -2.26. The van der Waals surface area contributed by atoms with Gasteiger partial charge in [0.15, 0.2) is 0 Å². The maximum atomic E-state index is 12.0. The minimum absolute atomic E-state index is 0.156. The molecule has 0 saturated carbocycles. The number of carbonyl (C=O) groups is 1. The number of hydrogen-bond donors (Lipinski definition) is 2. The minimum Gasteiger partial charge on any atom is -0.370 e. The maximum absolute atomic E-state index is 12.0. The highest BCUT2D eigenvalue weighted by Crippen LogP contribution is 2.08. The summed E-state index contributed by atoms with van der Waals surface area (Å²) in [4.78, 5) is 20.6. The number of carbonyl (C=O) groups excluding carboxylic acids is 1. The number of anilines is 1. The van der Waals surface area contributed by atoms with Gasteiger partial charge < -0.3 is 10.6 Å². The van der Waals surface area contributed by atoms with Crippen LogP contribution in [0.5, 0.6) is 0 Å². The summed E-state index contributed by atoms with van der Waals surface area (Å²) in [5.74, 6) is 0.562. The van der Waals surface area contributed by atoms with Crippen LogP contribution in [0.4, 0.5) is 5.82 Å². The first-order valence-electron chi connectivity index (χ1n) is 6.59. The number of aryl methyl sites for hydroxylation is 1. The molecule has 0 fully saturated rings. The summed E-state index contributed by atoms with van der Waals surface area (Å²) >= 11 is 1.62. The molecule has 0 aliphatic carbocycles. The van der Waals surface area contributed by atoms with Crippen molar-refractivity contribution in [1.82, 2.24) is 15.3 Å².